The molecular formula is C31H39NO7. The third-order valence-electron chi connectivity index (χ3n) is 11.2. The van der Waals surface area contributed by atoms with Gasteiger partial charge in [0.25, 0.3) is 0 Å². The van der Waals surface area contributed by atoms with E-state index in [1.807, 2.05) is 6.92 Å². The maximum atomic E-state index is 13.3. The summed E-state index contributed by atoms with van der Waals surface area (Å²) in [6.45, 7) is 6.87. The van der Waals surface area contributed by atoms with Crippen LogP contribution in [0, 0.1) is 22.7 Å². The minimum atomic E-state index is -1.14. The van der Waals surface area contributed by atoms with Crippen molar-refractivity contribution in [1.82, 2.24) is 4.98 Å². The van der Waals surface area contributed by atoms with E-state index in [1.54, 1.807) is 30.6 Å². The number of hydrogen-bond acceptors (Lipinski definition) is 8. The monoisotopic (exact) mass is 537 g/mol. The summed E-state index contributed by atoms with van der Waals surface area (Å²) >= 11 is 0. The van der Waals surface area contributed by atoms with E-state index in [9.17, 15) is 15.0 Å². The van der Waals surface area contributed by atoms with Gasteiger partial charge in [0.2, 0.25) is 0 Å². The number of hydrogen-bond donors (Lipinski definition) is 2. The summed E-state index contributed by atoms with van der Waals surface area (Å²) in [6, 6.07) is 5.21. The van der Waals surface area contributed by atoms with Crippen LogP contribution in [0.3, 0.4) is 0 Å². The van der Waals surface area contributed by atoms with Gasteiger partial charge in [-0.3, -0.25) is 4.98 Å². The summed E-state index contributed by atoms with van der Waals surface area (Å²) in [4.78, 5) is 17.4. The van der Waals surface area contributed by atoms with Crippen molar-refractivity contribution in [3.8, 4) is 17.1 Å². The average molecular weight is 538 g/mol. The lowest BCUT2D eigenvalue weighted by atomic mass is 9.42. The first-order chi connectivity index (χ1) is 18.6. The zero-order valence-electron chi connectivity index (χ0n) is 23.0. The van der Waals surface area contributed by atoms with Crippen molar-refractivity contribution in [2.45, 2.75) is 102 Å². The molecule has 4 heterocycles. The highest BCUT2D eigenvalue weighted by Crippen LogP contribution is 2.68. The topological polar surface area (TPSA) is 111 Å². The molecule has 4 fully saturated rings. The Labute approximate surface area is 228 Å². The lowest BCUT2D eigenvalue weighted by Crippen LogP contribution is -2.72. The Kier molecular flexibility index (Phi) is 5.68. The van der Waals surface area contributed by atoms with E-state index in [4.69, 9.17) is 18.6 Å². The number of pyridine rings is 1. The van der Waals surface area contributed by atoms with Crippen LogP contribution in [-0.4, -0.2) is 45.4 Å². The number of rotatable bonds is 1. The molecule has 3 aliphatic carbocycles. The molecule has 1 saturated heterocycles. The number of aliphatic hydroxyl groups is 2. The van der Waals surface area contributed by atoms with Crippen molar-refractivity contribution in [2.24, 2.45) is 22.7 Å². The quantitative estimate of drug-likeness (QED) is 0.535. The number of nitrogens with zero attached hydrogens (tertiary/aromatic N) is 1. The first-order valence-corrected chi connectivity index (χ1v) is 14.6. The average Bonchev–Trinajstić information content (AvgIpc) is 2.91. The summed E-state index contributed by atoms with van der Waals surface area (Å²) in [7, 11) is 0. The van der Waals surface area contributed by atoms with Gasteiger partial charge in [-0.15, -0.1) is 0 Å². The van der Waals surface area contributed by atoms with E-state index in [-0.39, 0.29) is 28.7 Å². The van der Waals surface area contributed by atoms with Gasteiger partial charge in [-0.05, 0) is 62.5 Å². The van der Waals surface area contributed by atoms with Gasteiger partial charge in [0.05, 0.1) is 24.9 Å². The fraction of sp³-hybridized carbons (Fsp3) is 0.677. The van der Waals surface area contributed by atoms with Crippen molar-refractivity contribution >= 4 is 0 Å². The summed E-state index contributed by atoms with van der Waals surface area (Å²) in [5, 5.41) is 23.7. The van der Waals surface area contributed by atoms with Gasteiger partial charge in [0.15, 0.2) is 5.79 Å². The lowest BCUT2D eigenvalue weighted by molar-refractivity contribution is -0.376. The van der Waals surface area contributed by atoms with E-state index < -0.39 is 40.6 Å². The van der Waals surface area contributed by atoms with Gasteiger partial charge in [-0.25, -0.2) is 4.79 Å². The van der Waals surface area contributed by atoms with Gasteiger partial charge >= 0.3 is 5.63 Å². The van der Waals surface area contributed by atoms with Crippen molar-refractivity contribution in [2.75, 3.05) is 6.61 Å². The predicted molar refractivity (Wildman–Crippen MR) is 142 cm³/mol. The van der Waals surface area contributed by atoms with Gasteiger partial charge < -0.3 is 28.8 Å². The number of fused-ring (bicyclic) bond motifs is 6. The smallest absolute Gasteiger partial charge is 0.345 e. The van der Waals surface area contributed by atoms with Crippen LogP contribution in [-0.2, 0) is 9.47 Å². The van der Waals surface area contributed by atoms with Gasteiger partial charge in [0.1, 0.15) is 22.7 Å². The van der Waals surface area contributed by atoms with Crippen molar-refractivity contribution in [3.05, 3.63) is 46.6 Å². The van der Waals surface area contributed by atoms with Crippen LogP contribution >= 0.6 is 0 Å². The van der Waals surface area contributed by atoms with E-state index in [0.29, 0.717) is 24.4 Å². The lowest BCUT2D eigenvalue weighted by Gasteiger charge is -2.68. The van der Waals surface area contributed by atoms with Crippen LogP contribution in [0.25, 0.3) is 11.3 Å². The highest BCUT2D eigenvalue weighted by atomic mass is 16.7. The van der Waals surface area contributed by atoms with Gasteiger partial charge in [-0.1, -0.05) is 20.3 Å². The fourth-order valence-electron chi connectivity index (χ4n) is 9.17. The molecule has 2 aliphatic heterocycles. The van der Waals surface area contributed by atoms with Crippen LogP contribution in [0.4, 0.5) is 0 Å². The molecule has 2 aromatic rings. The molecule has 0 radical (unpaired) electrons. The van der Waals surface area contributed by atoms with Crippen LogP contribution in [0.5, 0.6) is 5.75 Å². The van der Waals surface area contributed by atoms with Crippen molar-refractivity contribution in [3.63, 3.8) is 0 Å². The molecule has 2 aromatic heterocycles. The maximum Gasteiger partial charge on any atom is 0.345 e. The second-order valence-corrected chi connectivity index (χ2v) is 13.3. The SMILES string of the molecule is C[C@@]12COC3(CCCCC3)O[C@H]1CC[C@@]1(C)[C@H]2C[C@H](O)[C@@]2(C)Oc3cc(-c4cccnc4)oc(=O)c3[C@H](O)[C@H]12. The minimum Gasteiger partial charge on any atom is -0.484 e. The molecule has 3 saturated carbocycles. The highest BCUT2D eigenvalue weighted by molar-refractivity contribution is 5.59. The number of aliphatic hydroxyl groups excluding tert-OH is 2. The second-order valence-electron chi connectivity index (χ2n) is 13.3. The standard InChI is InChI=1S/C31H39NO7/c1-28-12-9-23-29(2,17-36-31(39-23)10-5-4-6-11-31)21(28)15-22(33)30(3)26(28)25(34)24-20(38-30)14-19(37-27(24)35)18-8-7-13-32-16-18/h7-8,13-14,16,21-23,25-26,33-34H,4-6,9-12,15,17H2,1-3H3/t21-,22+,23+,25+,26-,28+,29+,30-/m1/s1. The predicted octanol–water partition coefficient (Wildman–Crippen LogP) is 4.77. The largest absolute Gasteiger partial charge is 0.484 e. The Morgan fingerprint density at radius 3 is 2.59 bits per heavy atom. The van der Waals surface area contributed by atoms with Crippen LogP contribution in [0.2, 0.25) is 0 Å². The summed E-state index contributed by atoms with van der Waals surface area (Å²) in [6.07, 6.45) is 8.78. The normalized spacial score (nSPS) is 42.4. The molecular weight excluding hydrogens is 498 g/mol. The Morgan fingerprint density at radius 2 is 1.85 bits per heavy atom. The van der Waals surface area contributed by atoms with Crippen LogP contribution in [0.15, 0.2) is 39.8 Å². The molecule has 0 unspecified atom stereocenters. The Morgan fingerprint density at radius 1 is 1.05 bits per heavy atom. The minimum absolute atomic E-state index is 0.0132. The Balaban J connectivity index is 1.27. The van der Waals surface area contributed by atoms with E-state index in [1.165, 1.54) is 6.42 Å². The second kappa shape index (κ2) is 8.62. The molecule has 0 aromatic carbocycles. The zero-order chi connectivity index (χ0) is 27.2. The van der Waals surface area contributed by atoms with Crippen molar-refractivity contribution < 1.29 is 28.8 Å². The summed E-state index contributed by atoms with van der Waals surface area (Å²) in [5.74, 6) is -0.395. The maximum absolute atomic E-state index is 13.3. The molecule has 8 heteroatoms. The van der Waals surface area contributed by atoms with Crippen LogP contribution < -0.4 is 10.4 Å². The van der Waals surface area contributed by atoms with E-state index in [0.717, 1.165) is 38.5 Å². The molecule has 39 heavy (non-hydrogen) atoms. The molecule has 2 N–H and O–H groups in total. The molecule has 8 nitrogen and oxygen atoms in total. The highest BCUT2D eigenvalue weighted by Gasteiger charge is 2.70. The first kappa shape index (κ1) is 25.7. The molecule has 1 spiro atoms. The molecule has 7 rings (SSSR count). The molecule has 210 valence electrons. The third kappa shape index (κ3) is 3.57. The zero-order valence-corrected chi connectivity index (χ0v) is 23.0. The number of aromatic nitrogens is 1. The van der Waals surface area contributed by atoms with Gasteiger partial charge in [0, 0.05) is 48.2 Å². The molecule has 5 aliphatic rings. The number of ether oxygens (including phenoxy) is 3. The molecule has 8 atom stereocenters. The first-order valence-electron chi connectivity index (χ1n) is 14.6. The third-order valence-corrected chi connectivity index (χ3v) is 11.2. The van der Waals surface area contributed by atoms with Gasteiger partial charge in [-0.2, -0.15) is 0 Å². The molecule has 0 bridgehead atoms. The van der Waals surface area contributed by atoms with E-state index >= 15 is 0 Å². The Bertz CT molecular complexity index is 1320. The summed E-state index contributed by atoms with van der Waals surface area (Å²) in [5.41, 5.74) is -1.69. The molecule has 0 amide bonds. The Hall–Kier alpha value is -2.26. The van der Waals surface area contributed by atoms with Crippen LogP contribution in [0.1, 0.15) is 83.8 Å². The fourth-order valence-corrected chi connectivity index (χ4v) is 9.17. The van der Waals surface area contributed by atoms with E-state index in [2.05, 4.69) is 18.8 Å². The van der Waals surface area contributed by atoms with Crippen molar-refractivity contribution in [1.29, 1.82) is 0 Å². The summed E-state index contributed by atoms with van der Waals surface area (Å²) < 4.78 is 25.6.